The van der Waals surface area contributed by atoms with Gasteiger partial charge in [0.1, 0.15) is 18.1 Å². The summed E-state index contributed by atoms with van der Waals surface area (Å²) in [5, 5.41) is 10.6. The largest absolute Gasteiger partial charge is 0.507 e. The fraction of sp³-hybridized carbons (Fsp3) is 0.268. The molecule has 0 saturated carbocycles. The number of anilines is 1. The molecular formula is C41H32BrF6NO5. The molecule has 0 bridgehead atoms. The summed E-state index contributed by atoms with van der Waals surface area (Å²) < 4.78 is 96.0. The number of amides is 2. The Hall–Kier alpha value is -4.88. The Morgan fingerprint density at radius 1 is 0.852 bits per heavy atom. The first-order chi connectivity index (χ1) is 25.7. The Balaban J connectivity index is 1.23. The Kier molecular flexibility index (Phi) is 10.2. The minimum atomic E-state index is -5.17. The number of halogens is 7. The zero-order valence-electron chi connectivity index (χ0n) is 28.3. The van der Waals surface area contributed by atoms with Crippen molar-refractivity contribution >= 4 is 45.1 Å². The number of ether oxygens (including phenoxy) is 2. The number of imide groups is 1. The molecule has 0 unspecified atom stereocenters. The van der Waals surface area contributed by atoms with E-state index in [1.54, 1.807) is 42.5 Å². The van der Waals surface area contributed by atoms with E-state index in [-0.39, 0.29) is 31.5 Å². The van der Waals surface area contributed by atoms with Crippen LogP contribution in [0.4, 0.5) is 32.0 Å². The number of aromatic hydroxyl groups is 1. The van der Waals surface area contributed by atoms with Crippen LogP contribution in [-0.2, 0) is 26.7 Å². The van der Waals surface area contributed by atoms with E-state index < -0.39 is 64.8 Å². The van der Waals surface area contributed by atoms with E-state index in [1.807, 2.05) is 42.5 Å². The zero-order chi connectivity index (χ0) is 38.4. The summed E-state index contributed by atoms with van der Waals surface area (Å²) in [6.45, 7) is 0.0333. The highest BCUT2D eigenvalue weighted by Gasteiger charge is 2.58. The van der Waals surface area contributed by atoms with Crippen molar-refractivity contribution in [2.45, 2.75) is 37.7 Å². The second-order valence-corrected chi connectivity index (χ2v) is 14.4. The van der Waals surface area contributed by atoms with Crippen LogP contribution in [0.1, 0.15) is 41.5 Å². The molecule has 1 N–H and O–H groups in total. The van der Waals surface area contributed by atoms with E-state index in [9.17, 15) is 41.0 Å². The van der Waals surface area contributed by atoms with Gasteiger partial charge < -0.3 is 14.6 Å². The van der Waals surface area contributed by atoms with Gasteiger partial charge in [0.2, 0.25) is 11.8 Å². The lowest BCUT2D eigenvalue weighted by Crippen LogP contribution is -2.35. The van der Waals surface area contributed by atoms with Crippen molar-refractivity contribution < 1.29 is 50.5 Å². The monoisotopic (exact) mass is 811 g/mol. The van der Waals surface area contributed by atoms with Gasteiger partial charge in [-0.25, -0.2) is 4.90 Å². The number of phenols is 1. The minimum absolute atomic E-state index is 0.00263. The SMILES string of the molecule is O=C1[C@@H]2[C@@H](CC(COc3ccccc3)=C3[C@@H](CC/C(=C/c4cc(Br)ccc4O)c4ccccc4)OC[C@@H]32)C(=O)N1c1cc(C(F)(F)F)cc(C(F)(F)F)c1. The number of nitrogens with zero attached hydrogens (tertiary/aromatic N) is 1. The summed E-state index contributed by atoms with van der Waals surface area (Å²) in [6, 6.07) is 24.3. The van der Waals surface area contributed by atoms with Gasteiger partial charge >= 0.3 is 12.4 Å². The molecule has 0 aromatic heterocycles. The molecule has 54 heavy (non-hydrogen) atoms. The van der Waals surface area contributed by atoms with Crippen LogP contribution in [0.2, 0.25) is 0 Å². The van der Waals surface area contributed by atoms with E-state index in [2.05, 4.69) is 15.9 Å². The number of rotatable bonds is 9. The van der Waals surface area contributed by atoms with Crippen LogP contribution < -0.4 is 9.64 Å². The van der Waals surface area contributed by atoms with Gasteiger partial charge in [-0.3, -0.25) is 9.59 Å². The van der Waals surface area contributed by atoms with Gasteiger partial charge in [-0.05, 0) is 96.2 Å². The van der Waals surface area contributed by atoms with Crippen LogP contribution in [0.3, 0.4) is 0 Å². The number of carbonyl (C=O) groups excluding carboxylic acids is 2. The fourth-order valence-electron chi connectivity index (χ4n) is 7.68. The Morgan fingerprint density at radius 2 is 1.50 bits per heavy atom. The zero-order valence-corrected chi connectivity index (χ0v) is 29.9. The van der Waals surface area contributed by atoms with Crippen molar-refractivity contribution in [2.75, 3.05) is 18.1 Å². The summed E-state index contributed by atoms with van der Waals surface area (Å²) in [6.07, 6.45) is -8.11. The summed E-state index contributed by atoms with van der Waals surface area (Å²) in [5.41, 5.74) is -0.224. The van der Waals surface area contributed by atoms with Gasteiger partial charge in [0.05, 0.1) is 41.4 Å². The molecule has 2 fully saturated rings. The third-order valence-electron chi connectivity index (χ3n) is 10.1. The summed E-state index contributed by atoms with van der Waals surface area (Å²) in [7, 11) is 0. The molecule has 1 aliphatic carbocycles. The molecule has 6 nitrogen and oxygen atoms in total. The second-order valence-electron chi connectivity index (χ2n) is 13.5. The van der Waals surface area contributed by atoms with Crippen molar-refractivity contribution in [1.82, 2.24) is 0 Å². The Labute approximate surface area is 314 Å². The molecule has 0 radical (unpaired) electrons. The molecular weight excluding hydrogens is 780 g/mol. The predicted molar refractivity (Wildman–Crippen MR) is 192 cm³/mol. The number of carbonyl (C=O) groups is 2. The fourth-order valence-corrected chi connectivity index (χ4v) is 8.06. The number of hydrogen-bond acceptors (Lipinski definition) is 5. The number of alkyl halides is 6. The highest BCUT2D eigenvalue weighted by atomic mass is 79.9. The average Bonchev–Trinajstić information content (AvgIpc) is 3.67. The van der Waals surface area contributed by atoms with Crippen molar-refractivity contribution in [3.05, 3.63) is 135 Å². The first-order valence-corrected chi connectivity index (χ1v) is 17.9. The van der Waals surface area contributed by atoms with E-state index >= 15 is 0 Å². The lowest BCUT2D eigenvalue weighted by atomic mass is 9.69. The molecule has 2 aliphatic heterocycles. The highest BCUT2D eigenvalue weighted by Crippen LogP contribution is 2.51. The molecule has 2 amide bonds. The van der Waals surface area contributed by atoms with Gasteiger partial charge in [0.25, 0.3) is 0 Å². The highest BCUT2D eigenvalue weighted by molar-refractivity contribution is 9.10. The minimum Gasteiger partial charge on any atom is -0.507 e. The predicted octanol–water partition coefficient (Wildman–Crippen LogP) is 10.1. The maximum atomic E-state index is 14.1. The molecule has 7 rings (SSSR count). The molecule has 2 heterocycles. The molecule has 0 spiro atoms. The second kappa shape index (κ2) is 14.7. The summed E-state index contributed by atoms with van der Waals surface area (Å²) >= 11 is 3.45. The van der Waals surface area contributed by atoms with Gasteiger partial charge in [-0.1, -0.05) is 64.5 Å². The van der Waals surface area contributed by atoms with Crippen LogP contribution in [0.15, 0.2) is 113 Å². The topological polar surface area (TPSA) is 76.1 Å². The summed E-state index contributed by atoms with van der Waals surface area (Å²) in [4.78, 5) is 28.6. The van der Waals surface area contributed by atoms with Crippen LogP contribution in [0, 0.1) is 17.8 Å². The van der Waals surface area contributed by atoms with E-state index in [0.717, 1.165) is 21.2 Å². The first kappa shape index (κ1) is 37.4. The average molecular weight is 813 g/mol. The number of benzene rings is 4. The van der Waals surface area contributed by atoms with Gasteiger partial charge in [-0.15, -0.1) is 0 Å². The quantitative estimate of drug-likeness (QED) is 0.0789. The van der Waals surface area contributed by atoms with Gasteiger partial charge in [0, 0.05) is 16.0 Å². The van der Waals surface area contributed by atoms with Crippen molar-refractivity contribution in [3.63, 3.8) is 0 Å². The van der Waals surface area contributed by atoms with E-state index in [1.165, 1.54) is 0 Å². The van der Waals surface area contributed by atoms with Crippen molar-refractivity contribution in [1.29, 1.82) is 0 Å². The van der Waals surface area contributed by atoms with Crippen LogP contribution >= 0.6 is 15.9 Å². The molecule has 280 valence electrons. The maximum absolute atomic E-state index is 14.1. The van der Waals surface area contributed by atoms with Crippen LogP contribution in [0.5, 0.6) is 11.5 Å². The van der Waals surface area contributed by atoms with Crippen molar-refractivity contribution in [2.24, 2.45) is 17.8 Å². The van der Waals surface area contributed by atoms with Crippen molar-refractivity contribution in [3.8, 4) is 11.5 Å². The summed E-state index contributed by atoms with van der Waals surface area (Å²) in [5.74, 6) is -3.90. The number of phenolic OH excluding ortho intramolecular Hbond substituents is 1. The van der Waals surface area contributed by atoms with E-state index in [0.29, 0.717) is 46.8 Å². The number of fused-ring (bicyclic) bond motifs is 3. The third kappa shape index (κ3) is 7.56. The normalized spacial score (nSPS) is 21.8. The lowest BCUT2D eigenvalue weighted by Gasteiger charge is -2.31. The lowest BCUT2D eigenvalue weighted by molar-refractivity contribution is -0.143. The smallest absolute Gasteiger partial charge is 0.416 e. The van der Waals surface area contributed by atoms with Gasteiger partial charge in [0.15, 0.2) is 0 Å². The third-order valence-corrected chi connectivity index (χ3v) is 10.6. The number of hydrogen-bond donors (Lipinski definition) is 1. The molecule has 3 aliphatic rings. The molecule has 4 aromatic carbocycles. The van der Waals surface area contributed by atoms with Gasteiger partial charge in [-0.2, -0.15) is 26.3 Å². The first-order valence-electron chi connectivity index (χ1n) is 17.1. The molecule has 4 atom stereocenters. The number of para-hydroxylation sites is 1. The van der Waals surface area contributed by atoms with E-state index in [4.69, 9.17) is 9.47 Å². The molecule has 2 saturated heterocycles. The maximum Gasteiger partial charge on any atom is 0.416 e. The molecule has 13 heteroatoms. The van der Waals surface area contributed by atoms with Crippen LogP contribution in [-0.4, -0.2) is 36.2 Å². The van der Waals surface area contributed by atoms with Crippen LogP contribution in [0.25, 0.3) is 11.6 Å². The molecule has 4 aromatic rings. The standard InChI is InChI=1S/C41H32BrF6NO5/c42-29-12-13-34(50)25(16-29)15-24(23-7-3-1-4-8-23)11-14-35-36-26(21-53-31-9-5-2-6-10-31)17-32-37(33(36)22-54-35)39(52)49(38(32)51)30-19-27(40(43,44)45)18-28(20-30)41(46,47)48/h1-10,12-13,15-16,18-20,32-33,35,37,50H,11,14,17,21-22H2/b24-15-/t32-,33+,35-,37-/m1/s1. The Morgan fingerprint density at radius 3 is 2.15 bits per heavy atom. The number of allylic oxidation sites excluding steroid dienone is 1. The Bertz CT molecular complexity index is 2100.